The van der Waals surface area contributed by atoms with Gasteiger partial charge in [0.05, 0.1) is 43.0 Å². The molecule has 2 aromatic rings. The van der Waals surface area contributed by atoms with Crippen LogP contribution in [0.4, 0.5) is 30.6 Å². The minimum absolute atomic E-state index is 0.0153. The van der Waals surface area contributed by atoms with Crippen LogP contribution in [0.15, 0.2) is 78.4 Å². The fraction of sp³-hybridized carbons (Fsp3) is 0.531. The molecule has 9 atom stereocenters. The maximum absolute atomic E-state index is 14.4. The van der Waals surface area contributed by atoms with Gasteiger partial charge in [-0.15, -0.1) is 0 Å². The Hall–Kier alpha value is -8.53. The minimum Gasteiger partial charge on any atom is -0.495 e. The molecule has 4 heterocycles. The number of halogens is 1. The third-order valence-corrected chi connectivity index (χ3v) is 17.3. The number of epoxide rings is 1. The van der Waals surface area contributed by atoms with E-state index in [0.29, 0.717) is 29.8 Å². The molecule has 27 nitrogen and oxygen atoms in total. The number of nitrogens with one attached hydrogen (secondary N) is 3. The molecule has 0 aromatic heterocycles. The molecule has 92 heavy (non-hydrogen) atoms. The van der Waals surface area contributed by atoms with E-state index in [4.69, 9.17) is 49.5 Å². The van der Waals surface area contributed by atoms with E-state index in [-0.39, 0.29) is 61.9 Å². The molecule has 2 saturated heterocycles. The van der Waals surface area contributed by atoms with Gasteiger partial charge in [-0.25, -0.2) is 24.0 Å². The number of fused-ring (bicyclic) bond motifs is 5. The summed E-state index contributed by atoms with van der Waals surface area (Å²) in [5.74, 6) is -4.07. The second-order valence-corrected chi connectivity index (χ2v) is 24.0. The van der Waals surface area contributed by atoms with Crippen LogP contribution in [0.5, 0.6) is 5.75 Å². The van der Waals surface area contributed by atoms with E-state index in [9.17, 15) is 53.1 Å². The van der Waals surface area contributed by atoms with Crippen LogP contribution in [0.25, 0.3) is 0 Å². The highest BCUT2D eigenvalue weighted by atomic mass is 35.5. The van der Waals surface area contributed by atoms with Gasteiger partial charge in [-0.05, 0) is 94.3 Å². The summed E-state index contributed by atoms with van der Waals surface area (Å²) in [6.07, 6.45) is 7.28. The highest BCUT2D eigenvalue weighted by Crippen LogP contribution is 2.49. The maximum Gasteiger partial charge on any atom is 0.412 e. The third-order valence-electron chi connectivity index (χ3n) is 16.9. The molecule has 2 fully saturated rings. The van der Waals surface area contributed by atoms with Crippen molar-refractivity contribution in [3.63, 3.8) is 0 Å². The Bertz CT molecular complexity index is 3230. The van der Waals surface area contributed by atoms with Gasteiger partial charge in [-0.1, -0.05) is 60.9 Å². The number of alkyl carbamates (subject to hydrolysis) is 1. The first-order chi connectivity index (χ1) is 43.7. The van der Waals surface area contributed by atoms with Gasteiger partial charge in [0.15, 0.2) is 5.72 Å². The molecule has 0 spiro atoms. The Morgan fingerprint density at radius 2 is 1.64 bits per heavy atom. The van der Waals surface area contributed by atoms with Crippen LogP contribution in [0.2, 0.25) is 5.02 Å². The van der Waals surface area contributed by atoms with Crippen molar-refractivity contribution in [3.8, 4) is 5.75 Å². The first-order valence-electron chi connectivity index (χ1n) is 30.4. The van der Waals surface area contributed by atoms with Crippen molar-refractivity contribution in [1.82, 2.24) is 30.2 Å². The number of hydrogen-bond donors (Lipinski definition) is 4. The first kappa shape index (κ1) is 70.9. The molecule has 2 aromatic carbocycles. The average Bonchev–Trinajstić information content (AvgIpc) is 1.56. The number of anilines is 2. The lowest BCUT2D eigenvalue weighted by atomic mass is 9.83. The molecular formula is C64H83ClN8O19. The summed E-state index contributed by atoms with van der Waals surface area (Å²) in [5.41, 5.74) is -0.916. The monoisotopic (exact) mass is 1300 g/mol. The zero-order valence-electron chi connectivity index (χ0n) is 53.5. The van der Waals surface area contributed by atoms with Crippen molar-refractivity contribution in [2.24, 2.45) is 5.92 Å². The van der Waals surface area contributed by atoms with Crippen molar-refractivity contribution in [3.05, 3.63) is 100 Å². The number of aliphatic hydroxyl groups is 1. The van der Waals surface area contributed by atoms with E-state index in [2.05, 4.69) is 16.0 Å². The smallest absolute Gasteiger partial charge is 0.412 e. The van der Waals surface area contributed by atoms with Crippen LogP contribution in [-0.2, 0) is 70.2 Å². The number of benzene rings is 2. The largest absolute Gasteiger partial charge is 0.495 e. The molecule has 7 rings (SSSR count). The highest BCUT2D eigenvalue weighted by Gasteiger charge is 2.64. The molecule has 500 valence electrons. The van der Waals surface area contributed by atoms with Gasteiger partial charge in [-0.2, -0.15) is 0 Å². The first-order valence-corrected chi connectivity index (χ1v) is 30.7. The van der Waals surface area contributed by atoms with Crippen LogP contribution in [0.3, 0.4) is 0 Å². The maximum atomic E-state index is 14.4. The molecule has 28 heteroatoms. The summed E-state index contributed by atoms with van der Waals surface area (Å²) < 4.78 is 46.0. The van der Waals surface area contributed by atoms with Crippen LogP contribution >= 0.6 is 11.6 Å². The van der Waals surface area contributed by atoms with Crippen molar-refractivity contribution in [1.29, 1.82) is 0 Å². The van der Waals surface area contributed by atoms with E-state index < -0.39 is 127 Å². The number of amides is 9. The predicted molar refractivity (Wildman–Crippen MR) is 333 cm³/mol. The Morgan fingerprint density at radius 3 is 2.34 bits per heavy atom. The van der Waals surface area contributed by atoms with Crippen molar-refractivity contribution in [2.45, 2.75) is 140 Å². The number of ether oxygens (including phenoxy) is 8. The van der Waals surface area contributed by atoms with Gasteiger partial charge in [-0.3, -0.25) is 39.5 Å². The van der Waals surface area contributed by atoms with Gasteiger partial charge in [0, 0.05) is 86.0 Å². The van der Waals surface area contributed by atoms with Crippen LogP contribution in [-0.4, -0.2) is 208 Å². The van der Waals surface area contributed by atoms with E-state index in [1.54, 1.807) is 38.1 Å². The summed E-state index contributed by atoms with van der Waals surface area (Å²) in [6, 6.07) is 6.65. The second-order valence-electron chi connectivity index (χ2n) is 23.6. The summed E-state index contributed by atoms with van der Waals surface area (Å²) >= 11 is 6.83. The molecule has 5 aliphatic rings. The number of rotatable bonds is 19. The van der Waals surface area contributed by atoms with Crippen molar-refractivity contribution in [2.75, 3.05) is 85.4 Å². The molecule has 4 bridgehead atoms. The number of carbonyl (C=O) groups excluding carboxylic acids is 10. The zero-order chi connectivity index (χ0) is 67.2. The second kappa shape index (κ2) is 31.7. The van der Waals surface area contributed by atoms with Crippen LogP contribution < -0.4 is 25.6 Å². The molecule has 0 saturated carbocycles. The fourth-order valence-electron chi connectivity index (χ4n) is 11.0. The topological polar surface area (TPSA) is 320 Å². The van der Waals surface area contributed by atoms with E-state index in [0.717, 1.165) is 58.8 Å². The van der Waals surface area contributed by atoms with E-state index >= 15 is 0 Å². The standard InChI is InChI=1S/C64H83ClN8O19/c1-38-17-16-20-49(86-10)64(84)36-48(90-60(81)68-64)39(2)56-63(4,92-56)50(35-54(77)72(8)46-33-42(31-38)34-47(85-9)55(46)65)91-58(79)40(3)71(7)51(74)25-30-87-61(82)69(5)28-29-70(6)62(83)88-37-41-21-22-45(67-59(80)89-43-18-14-12-11-13-15-19-43)44(32-41)57(78)66-26-27-73-52(75)23-24-53(73)76/h14,16-18,20-24,32-34,39-40,43,48-50,56,84H,11-13,15,19,25-31,35-37H2,1-10H3,(H,66,78)(H,67,80)(H,68,81)/t39-,40+,43?,48+,49-,50+,56+,63+,64+/m1/s1. The number of likely N-dealkylation sites (N-methyl/N-ethyl adjacent to an activating group) is 3. The number of imide groups is 1. The quantitative estimate of drug-likeness (QED) is 0.0392. The number of hydrogen-bond acceptors (Lipinski definition) is 19. The van der Waals surface area contributed by atoms with Crippen molar-refractivity contribution < 1.29 is 90.9 Å². The summed E-state index contributed by atoms with van der Waals surface area (Å²) in [4.78, 5) is 138. The SMILES string of the molecule is COc1cc2cc(c1Cl)N(C)C(=O)C[C@H](OC(=O)[C@H](C)N(C)C(=O)CCOC(=O)N(C)CCN(C)C(=O)OCc1ccc(NC(=O)OC3C=CCCCCC3)c(C(=O)NCCN3C(=O)C=CC3=O)c1)[C@]1(C)O[C@H]1[C@H](C)[C@@H]1C[C@@](O)(NC(=O)O1)[C@H](OC)C=CC=C(C)C2. The summed E-state index contributed by atoms with van der Waals surface area (Å²) in [6.45, 7) is 5.72. The number of esters is 1. The Morgan fingerprint density at radius 1 is 0.935 bits per heavy atom. The van der Waals surface area contributed by atoms with Gasteiger partial charge in [0.1, 0.15) is 60.0 Å². The molecule has 0 radical (unpaired) electrons. The van der Waals surface area contributed by atoms with E-state index in [1.165, 1.54) is 82.2 Å². The summed E-state index contributed by atoms with van der Waals surface area (Å²) in [7, 11) is 8.58. The van der Waals surface area contributed by atoms with Gasteiger partial charge in [0.25, 0.3) is 17.7 Å². The lowest BCUT2D eigenvalue weighted by Gasteiger charge is -2.42. The Labute approximate surface area is 539 Å². The fourth-order valence-corrected chi connectivity index (χ4v) is 11.3. The highest BCUT2D eigenvalue weighted by molar-refractivity contribution is 6.35. The summed E-state index contributed by atoms with van der Waals surface area (Å²) in [5, 5.41) is 19.8. The normalized spacial score (nSPS) is 24.3. The Balaban J connectivity index is 0.927. The van der Waals surface area contributed by atoms with Crippen LogP contribution in [0, 0.1) is 5.92 Å². The van der Waals surface area contributed by atoms with Crippen molar-refractivity contribution >= 4 is 82.9 Å². The van der Waals surface area contributed by atoms with E-state index in [1.807, 2.05) is 25.2 Å². The molecular weight excluding hydrogens is 1220 g/mol. The number of methoxy groups -OCH3 is 2. The number of allylic oxidation sites excluding steroid dienone is 4. The molecule has 4 aliphatic heterocycles. The molecule has 4 N–H and O–H groups in total. The number of nitrogens with zero attached hydrogens (tertiary/aromatic N) is 5. The zero-order valence-corrected chi connectivity index (χ0v) is 54.2. The lowest BCUT2D eigenvalue weighted by molar-refractivity contribution is -0.162. The number of carbonyl (C=O) groups is 10. The van der Waals surface area contributed by atoms with Crippen LogP contribution in [0.1, 0.15) is 101 Å². The predicted octanol–water partition coefficient (Wildman–Crippen LogP) is 6.33. The Kier molecular flexibility index (Phi) is 24.4. The molecule has 9 amide bonds. The molecule has 1 aliphatic carbocycles. The van der Waals surface area contributed by atoms with Gasteiger partial charge < -0.3 is 67.9 Å². The van der Waals surface area contributed by atoms with Gasteiger partial charge >= 0.3 is 30.3 Å². The lowest BCUT2D eigenvalue weighted by Crippen LogP contribution is -2.63. The molecule has 1 unspecified atom stereocenters. The average molecular weight is 1300 g/mol. The minimum atomic E-state index is -1.91. The third kappa shape index (κ3) is 18.2. The van der Waals surface area contributed by atoms with Gasteiger partial charge in [0.2, 0.25) is 11.8 Å².